The van der Waals surface area contributed by atoms with Crippen molar-refractivity contribution in [2.45, 2.75) is 39.5 Å². The first-order valence-electron chi connectivity index (χ1n) is 8.28. The Labute approximate surface area is 133 Å². The van der Waals surface area contributed by atoms with Gasteiger partial charge in [-0.1, -0.05) is 39.8 Å². The summed E-state index contributed by atoms with van der Waals surface area (Å²) in [6, 6.07) is 8.61. The van der Waals surface area contributed by atoms with Crippen molar-refractivity contribution in [3.63, 3.8) is 0 Å². The van der Waals surface area contributed by atoms with Crippen molar-refractivity contribution >= 4 is 12.4 Å². The van der Waals surface area contributed by atoms with E-state index in [2.05, 4.69) is 98.0 Å². The zero-order valence-electron chi connectivity index (χ0n) is 14.0. The van der Waals surface area contributed by atoms with E-state index in [1.807, 2.05) is 0 Å². The third-order valence-corrected chi connectivity index (χ3v) is 4.65. The molecule has 2 atom stereocenters. The summed E-state index contributed by atoms with van der Waals surface area (Å²) in [5.74, 6) is 2.68. The summed E-state index contributed by atoms with van der Waals surface area (Å²) in [6.45, 7) is 9.05. The first kappa shape index (κ1) is 15.0. The van der Waals surface area contributed by atoms with Crippen LogP contribution in [0.25, 0.3) is 12.4 Å². The summed E-state index contributed by atoms with van der Waals surface area (Å²) >= 11 is 0. The van der Waals surface area contributed by atoms with Crippen molar-refractivity contribution in [2.75, 3.05) is 0 Å². The molecule has 22 heavy (non-hydrogen) atoms. The molecule has 2 aliphatic heterocycles. The highest BCUT2D eigenvalue weighted by Crippen LogP contribution is 2.31. The van der Waals surface area contributed by atoms with Gasteiger partial charge in [-0.15, -0.1) is 0 Å². The molecule has 0 saturated carbocycles. The van der Waals surface area contributed by atoms with Crippen LogP contribution in [0.15, 0.2) is 48.8 Å². The predicted octanol–water partition coefficient (Wildman–Crippen LogP) is 5.42. The van der Waals surface area contributed by atoms with E-state index in [-0.39, 0.29) is 0 Å². The SMILES string of the molecule is CC(C)C1C=Cn2cccc21.CC(C)C1C=Cn2cccc21. The van der Waals surface area contributed by atoms with Gasteiger partial charge in [-0.05, 0) is 36.1 Å². The summed E-state index contributed by atoms with van der Waals surface area (Å²) in [5, 5.41) is 0. The van der Waals surface area contributed by atoms with Crippen LogP contribution in [0.3, 0.4) is 0 Å². The molecule has 116 valence electrons. The molecule has 0 N–H and O–H groups in total. The average molecular weight is 294 g/mol. The molecule has 0 bridgehead atoms. The predicted molar refractivity (Wildman–Crippen MR) is 94.7 cm³/mol. The Morgan fingerprint density at radius 3 is 1.50 bits per heavy atom. The van der Waals surface area contributed by atoms with Crippen molar-refractivity contribution in [3.05, 3.63) is 60.2 Å². The maximum atomic E-state index is 2.28. The Kier molecular flexibility index (Phi) is 4.10. The Bertz CT molecular complexity index is 622. The minimum absolute atomic E-state index is 0.630. The molecule has 0 fully saturated rings. The largest absolute Gasteiger partial charge is 0.327 e. The quantitative estimate of drug-likeness (QED) is 0.699. The van der Waals surface area contributed by atoms with E-state index in [9.17, 15) is 0 Å². The van der Waals surface area contributed by atoms with Gasteiger partial charge in [0.2, 0.25) is 0 Å². The maximum Gasteiger partial charge on any atom is 0.0292 e. The lowest BCUT2D eigenvalue weighted by atomic mass is 9.94. The zero-order valence-corrected chi connectivity index (χ0v) is 14.0. The molecule has 2 aromatic heterocycles. The molecule has 0 aromatic carbocycles. The number of rotatable bonds is 2. The lowest BCUT2D eigenvalue weighted by molar-refractivity contribution is 0.575. The Balaban J connectivity index is 0.000000131. The molecule has 4 heterocycles. The first-order chi connectivity index (χ1) is 10.6. The molecule has 0 radical (unpaired) electrons. The van der Waals surface area contributed by atoms with E-state index in [1.54, 1.807) is 0 Å². The van der Waals surface area contributed by atoms with Crippen LogP contribution in [-0.4, -0.2) is 9.13 Å². The molecule has 2 nitrogen and oxygen atoms in total. The number of fused-ring (bicyclic) bond motifs is 2. The summed E-state index contributed by atoms with van der Waals surface area (Å²) in [7, 11) is 0. The van der Waals surface area contributed by atoms with Gasteiger partial charge < -0.3 is 9.13 Å². The molecule has 0 saturated heterocycles. The van der Waals surface area contributed by atoms with Crippen molar-refractivity contribution in [1.29, 1.82) is 0 Å². The zero-order chi connectivity index (χ0) is 15.7. The second-order valence-corrected chi connectivity index (χ2v) is 6.90. The lowest BCUT2D eigenvalue weighted by Gasteiger charge is -2.11. The van der Waals surface area contributed by atoms with Gasteiger partial charge in [0.15, 0.2) is 0 Å². The van der Waals surface area contributed by atoms with Gasteiger partial charge in [0.05, 0.1) is 0 Å². The van der Waals surface area contributed by atoms with Crippen molar-refractivity contribution in [1.82, 2.24) is 9.13 Å². The molecule has 0 amide bonds. The monoisotopic (exact) mass is 294 g/mol. The Morgan fingerprint density at radius 2 is 1.14 bits per heavy atom. The summed E-state index contributed by atoms with van der Waals surface area (Å²) in [5.41, 5.74) is 2.86. The van der Waals surface area contributed by atoms with Crippen molar-refractivity contribution in [2.24, 2.45) is 11.8 Å². The first-order valence-corrected chi connectivity index (χ1v) is 8.28. The minimum atomic E-state index is 0.630. The van der Waals surface area contributed by atoms with E-state index in [0.717, 1.165) is 0 Å². The lowest BCUT2D eigenvalue weighted by Crippen LogP contribution is -2.01. The molecule has 2 aromatic rings. The van der Waals surface area contributed by atoms with Crippen LogP contribution in [0.2, 0.25) is 0 Å². The van der Waals surface area contributed by atoms with Gasteiger partial charge in [-0.3, -0.25) is 0 Å². The van der Waals surface area contributed by atoms with Crippen LogP contribution in [-0.2, 0) is 0 Å². The second-order valence-electron chi connectivity index (χ2n) is 6.90. The fourth-order valence-electron chi connectivity index (χ4n) is 3.35. The van der Waals surface area contributed by atoms with E-state index >= 15 is 0 Å². The fourth-order valence-corrected chi connectivity index (χ4v) is 3.35. The van der Waals surface area contributed by atoms with E-state index in [0.29, 0.717) is 23.7 Å². The van der Waals surface area contributed by atoms with E-state index in [4.69, 9.17) is 0 Å². The molecule has 4 rings (SSSR count). The molecule has 0 aliphatic carbocycles. The number of allylic oxidation sites excluding steroid dienone is 2. The molecular weight excluding hydrogens is 268 g/mol. The van der Waals surface area contributed by atoms with Crippen molar-refractivity contribution in [3.8, 4) is 0 Å². The van der Waals surface area contributed by atoms with Crippen LogP contribution in [0.5, 0.6) is 0 Å². The number of hydrogen-bond acceptors (Lipinski definition) is 0. The highest BCUT2D eigenvalue weighted by molar-refractivity contribution is 5.42. The molecule has 2 aliphatic rings. The molecule has 0 spiro atoms. The van der Waals surface area contributed by atoms with E-state index < -0.39 is 0 Å². The van der Waals surface area contributed by atoms with Crippen molar-refractivity contribution < 1.29 is 0 Å². The highest BCUT2D eigenvalue weighted by atomic mass is 15.0. The van der Waals surface area contributed by atoms with Gasteiger partial charge in [0.25, 0.3) is 0 Å². The van der Waals surface area contributed by atoms with Crippen LogP contribution < -0.4 is 0 Å². The average Bonchev–Trinajstić information content (AvgIpc) is 3.19. The molecule has 2 unspecified atom stereocenters. The van der Waals surface area contributed by atoms with Gasteiger partial charge in [0.1, 0.15) is 0 Å². The standard InChI is InChI=1S/2C10H13N/c2*1-8(2)9-5-7-11-6-3-4-10(9)11/h2*3-9H,1-2H3. The molecule has 2 heteroatoms. The third-order valence-electron chi connectivity index (χ3n) is 4.65. The highest BCUT2D eigenvalue weighted by Gasteiger charge is 2.20. The number of hydrogen-bond donors (Lipinski definition) is 0. The van der Waals surface area contributed by atoms with Crippen LogP contribution in [0, 0.1) is 11.8 Å². The summed E-state index contributed by atoms with van der Waals surface area (Å²) in [6.07, 6.45) is 13.1. The van der Waals surface area contributed by atoms with Crippen LogP contribution in [0.1, 0.15) is 50.9 Å². The fraction of sp³-hybridized carbons (Fsp3) is 0.400. The topological polar surface area (TPSA) is 9.86 Å². The molecular formula is C20H26N2. The summed E-state index contributed by atoms with van der Waals surface area (Å²) < 4.78 is 4.40. The normalized spacial score (nSPS) is 21.2. The van der Waals surface area contributed by atoms with Gasteiger partial charge in [-0.25, -0.2) is 0 Å². The van der Waals surface area contributed by atoms with Crippen LogP contribution in [0.4, 0.5) is 0 Å². The van der Waals surface area contributed by atoms with Crippen LogP contribution >= 0.6 is 0 Å². The summed E-state index contributed by atoms with van der Waals surface area (Å²) in [4.78, 5) is 0. The van der Waals surface area contributed by atoms with Gasteiger partial charge in [-0.2, -0.15) is 0 Å². The number of nitrogens with zero attached hydrogens (tertiary/aromatic N) is 2. The van der Waals surface area contributed by atoms with E-state index in [1.165, 1.54) is 11.4 Å². The smallest absolute Gasteiger partial charge is 0.0292 e. The van der Waals surface area contributed by atoms with Gasteiger partial charge in [0, 0.05) is 48.0 Å². The Morgan fingerprint density at radius 1 is 0.727 bits per heavy atom. The third kappa shape index (κ3) is 2.70. The maximum absolute atomic E-state index is 2.28. The minimum Gasteiger partial charge on any atom is -0.327 e. The van der Waals surface area contributed by atoms with Gasteiger partial charge >= 0.3 is 0 Å². The Hall–Kier alpha value is -1.96. The second kappa shape index (κ2) is 6.04. The number of aromatic nitrogens is 2.